The van der Waals surface area contributed by atoms with Crippen molar-refractivity contribution in [3.63, 3.8) is 0 Å². The number of hydrogen-bond acceptors (Lipinski definition) is 4. The fraction of sp³-hybridized carbons (Fsp3) is 0.364. The zero-order valence-corrected chi connectivity index (χ0v) is 9.60. The van der Waals surface area contributed by atoms with Crippen LogP contribution in [0.5, 0.6) is 0 Å². The molecule has 0 spiro atoms. The van der Waals surface area contributed by atoms with Crippen molar-refractivity contribution in [2.45, 2.75) is 19.9 Å². The first kappa shape index (κ1) is 11.7. The summed E-state index contributed by atoms with van der Waals surface area (Å²) in [5, 5.41) is 14.6. The molecule has 0 aliphatic heterocycles. The van der Waals surface area contributed by atoms with Crippen LogP contribution >= 0.6 is 0 Å². The lowest BCUT2D eigenvalue weighted by atomic mass is 10.3. The van der Waals surface area contributed by atoms with E-state index in [4.69, 9.17) is 0 Å². The highest BCUT2D eigenvalue weighted by molar-refractivity contribution is 5.31. The van der Waals surface area contributed by atoms with Gasteiger partial charge >= 0.3 is 0 Å². The largest absolute Gasteiger partial charge is 0.310 e. The number of halogens is 1. The van der Waals surface area contributed by atoms with Gasteiger partial charge in [-0.1, -0.05) is 13.0 Å². The minimum absolute atomic E-state index is 0.300. The molecule has 1 aromatic carbocycles. The number of aromatic nitrogens is 4. The Balaban J connectivity index is 2.18. The van der Waals surface area contributed by atoms with Crippen molar-refractivity contribution in [3.05, 3.63) is 35.9 Å². The quantitative estimate of drug-likeness (QED) is 0.794. The number of hydrogen-bond donors (Lipinski definition) is 1. The SMILES string of the molecule is CCCNCc1nnnn1-c1cccc(F)c1. The predicted molar refractivity (Wildman–Crippen MR) is 61.1 cm³/mol. The van der Waals surface area contributed by atoms with E-state index in [1.54, 1.807) is 12.1 Å². The molecule has 90 valence electrons. The van der Waals surface area contributed by atoms with E-state index in [0.717, 1.165) is 13.0 Å². The molecule has 0 unspecified atom stereocenters. The Labute approximate surface area is 98.6 Å². The Bertz CT molecular complexity index is 482. The summed E-state index contributed by atoms with van der Waals surface area (Å²) in [6, 6.07) is 6.20. The summed E-state index contributed by atoms with van der Waals surface area (Å²) in [6.45, 7) is 3.55. The summed E-state index contributed by atoms with van der Waals surface area (Å²) in [5.74, 6) is 0.370. The van der Waals surface area contributed by atoms with Crippen molar-refractivity contribution in [1.29, 1.82) is 0 Å². The van der Waals surface area contributed by atoms with E-state index in [1.807, 2.05) is 0 Å². The summed E-state index contributed by atoms with van der Waals surface area (Å²) < 4.78 is 14.6. The maximum atomic E-state index is 13.1. The lowest BCUT2D eigenvalue weighted by molar-refractivity contribution is 0.617. The van der Waals surface area contributed by atoms with Crippen LogP contribution in [0.15, 0.2) is 24.3 Å². The number of rotatable bonds is 5. The van der Waals surface area contributed by atoms with Crippen LogP contribution in [0.25, 0.3) is 5.69 Å². The molecular formula is C11H14FN5. The van der Waals surface area contributed by atoms with Crippen molar-refractivity contribution in [2.75, 3.05) is 6.54 Å². The van der Waals surface area contributed by atoms with E-state index in [1.165, 1.54) is 16.8 Å². The number of benzene rings is 1. The lowest BCUT2D eigenvalue weighted by Crippen LogP contribution is -2.17. The second kappa shape index (κ2) is 5.49. The van der Waals surface area contributed by atoms with E-state index < -0.39 is 0 Å². The highest BCUT2D eigenvalue weighted by Gasteiger charge is 2.07. The number of nitrogens with one attached hydrogen (secondary N) is 1. The molecule has 0 atom stereocenters. The molecule has 0 aliphatic rings. The zero-order chi connectivity index (χ0) is 12.1. The van der Waals surface area contributed by atoms with Crippen LogP contribution in [0.3, 0.4) is 0 Å². The van der Waals surface area contributed by atoms with Gasteiger partial charge in [0.25, 0.3) is 0 Å². The van der Waals surface area contributed by atoms with Crippen molar-refractivity contribution in [1.82, 2.24) is 25.5 Å². The maximum absolute atomic E-state index is 13.1. The van der Waals surface area contributed by atoms with Crippen molar-refractivity contribution in [2.24, 2.45) is 0 Å². The maximum Gasteiger partial charge on any atom is 0.170 e. The van der Waals surface area contributed by atoms with E-state index >= 15 is 0 Å². The molecular weight excluding hydrogens is 221 g/mol. The molecule has 5 nitrogen and oxygen atoms in total. The van der Waals surface area contributed by atoms with Crippen LogP contribution in [0.2, 0.25) is 0 Å². The Morgan fingerprint density at radius 2 is 2.29 bits per heavy atom. The summed E-state index contributed by atoms with van der Waals surface area (Å²) in [6.07, 6.45) is 1.04. The predicted octanol–water partition coefficient (Wildman–Crippen LogP) is 1.30. The van der Waals surface area contributed by atoms with Gasteiger partial charge in [0, 0.05) is 0 Å². The molecule has 0 saturated carbocycles. The first-order chi connectivity index (χ1) is 8.31. The van der Waals surface area contributed by atoms with Crippen LogP contribution in [-0.2, 0) is 6.54 Å². The summed E-state index contributed by atoms with van der Waals surface area (Å²) in [4.78, 5) is 0. The molecule has 1 aromatic heterocycles. The monoisotopic (exact) mass is 235 g/mol. The van der Waals surface area contributed by atoms with Gasteiger partial charge < -0.3 is 5.32 Å². The molecule has 0 aliphatic carbocycles. The molecule has 0 amide bonds. The smallest absolute Gasteiger partial charge is 0.170 e. The molecule has 0 bridgehead atoms. The lowest BCUT2D eigenvalue weighted by Gasteiger charge is -2.05. The Morgan fingerprint density at radius 3 is 3.06 bits per heavy atom. The molecule has 0 radical (unpaired) electrons. The number of nitrogens with zero attached hydrogens (tertiary/aromatic N) is 4. The van der Waals surface area contributed by atoms with Crippen LogP contribution in [0, 0.1) is 5.82 Å². The van der Waals surface area contributed by atoms with Crippen LogP contribution in [0.4, 0.5) is 4.39 Å². The van der Waals surface area contributed by atoms with Gasteiger partial charge in [0.15, 0.2) is 5.82 Å². The van der Waals surface area contributed by atoms with Gasteiger partial charge in [-0.2, -0.15) is 4.68 Å². The molecule has 0 fully saturated rings. The summed E-state index contributed by atoms with van der Waals surface area (Å²) >= 11 is 0. The van der Waals surface area contributed by atoms with E-state index in [-0.39, 0.29) is 5.82 Å². The van der Waals surface area contributed by atoms with Gasteiger partial charge in [0.1, 0.15) is 5.82 Å². The van der Waals surface area contributed by atoms with Crippen molar-refractivity contribution in [3.8, 4) is 5.69 Å². The van der Waals surface area contributed by atoms with Crippen molar-refractivity contribution < 1.29 is 4.39 Å². The van der Waals surface area contributed by atoms with Crippen molar-refractivity contribution >= 4 is 0 Å². The molecule has 6 heteroatoms. The molecule has 0 saturated heterocycles. The molecule has 17 heavy (non-hydrogen) atoms. The topological polar surface area (TPSA) is 55.6 Å². The third-order valence-corrected chi connectivity index (χ3v) is 2.30. The van der Waals surface area contributed by atoms with Gasteiger partial charge in [-0.15, -0.1) is 5.10 Å². The van der Waals surface area contributed by atoms with Gasteiger partial charge in [-0.05, 0) is 41.6 Å². The normalized spacial score (nSPS) is 10.7. The fourth-order valence-electron chi connectivity index (χ4n) is 1.50. The van der Waals surface area contributed by atoms with Gasteiger partial charge in [0.05, 0.1) is 12.2 Å². The van der Waals surface area contributed by atoms with Crippen LogP contribution in [0.1, 0.15) is 19.2 Å². The summed E-state index contributed by atoms with van der Waals surface area (Å²) in [7, 11) is 0. The highest BCUT2D eigenvalue weighted by Crippen LogP contribution is 2.09. The Kier molecular flexibility index (Phi) is 3.77. The van der Waals surface area contributed by atoms with E-state index in [0.29, 0.717) is 18.1 Å². The minimum Gasteiger partial charge on any atom is -0.310 e. The Hall–Kier alpha value is -1.82. The molecule has 2 aromatic rings. The first-order valence-electron chi connectivity index (χ1n) is 5.55. The Morgan fingerprint density at radius 1 is 1.41 bits per heavy atom. The fourth-order valence-corrected chi connectivity index (χ4v) is 1.50. The average Bonchev–Trinajstić information content (AvgIpc) is 2.78. The zero-order valence-electron chi connectivity index (χ0n) is 9.60. The average molecular weight is 235 g/mol. The van der Waals surface area contributed by atoms with E-state index in [2.05, 4.69) is 27.8 Å². The first-order valence-corrected chi connectivity index (χ1v) is 5.55. The second-order valence-corrected chi connectivity index (χ2v) is 3.66. The number of tetrazole rings is 1. The van der Waals surface area contributed by atoms with Gasteiger partial charge in [-0.25, -0.2) is 4.39 Å². The van der Waals surface area contributed by atoms with Gasteiger partial charge in [0.2, 0.25) is 0 Å². The standard InChI is InChI=1S/C11H14FN5/c1-2-6-13-8-11-14-15-16-17(11)10-5-3-4-9(12)7-10/h3-5,7,13H,2,6,8H2,1H3. The molecule has 1 N–H and O–H groups in total. The van der Waals surface area contributed by atoms with E-state index in [9.17, 15) is 4.39 Å². The third kappa shape index (κ3) is 2.85. The second-order valence-electron chi connectivity index (χ2n) is 3.66. The van der Waals surface area contributed by atoms with Crippen LogP contribution < -0.4 is 5.32 Å². The molecule has 2 rings (SSSR count). The minimum atomic E-state index is -0.300. The summed E-state index contributed by atoms with van der Waals surface area (Å²) in [5.41, 5.74) is 0.628. The van der Waals surface area contributed by atoms with Gasteiger partial charge in [-0.3, -0.25) is 0 Å². The third-order valence-electron chi connectivity index (χ3n) is 2.30. The van der Waals surface area contributed by atoms with Crippen LogP contribution in [-0.4, -0.2) is 26.8 Å². The molecule has 1 heterocycles. The highest BCUT2D eigenvalue weighted by atomic mass is 19.1.